The monoisotopic (exact) mass is 489 g/mol. The first-order valence-electron chi connectivity index (χ1n) is 8.77. The fourth-order valence-electron chi connectivity index (χ4n) is 2.45. The largest absolute Gasteiger partial charge is 0.489 e. The Morgan fingerprint density at radius 1 is 1.06 bits per heavy atom. The van der Waals surface area contributed by atoms with Crippen LogP contribution < -0.4 is 10.1 Å². The van der Waals surface area contributed by atoms with Crippen LogP contribution in [0.3, 0.4) is 0 Å². The number of nitrogens with zero attached hydrogens (tertiary/aromatic N) is 2. The highest BCUT2D eigenvalue weighted by molar-refractivity contribution is 7.86. The van der Waals surface area contributed by atoms with Crippen LogP contribution in [0.2, 0.25) is 0 Å². The van der Waals surface area contributed by atoms with Crippen LogP contribution in [0, 0.1) is 22.7 Å². The van der Waals surface area contributed by atoms with Gasteiger partial charge in [0, 0.05) is 10.5 Å². The lowest BCUT2D eigenvalue weighted by molar-refractivity contribution is -0.139. The molecule has 0 saturated carbocycles. The Morgan fingerprint density at radius 3 is 2.15 bits per heavy atom. The Kier molecular flexibility index (Phi) is 7.39. The Balaban J connectivity index is 2.17. The molecule has 0 saturated heterocycles. The van der Waals surface area contributed by atoms with E-state index >= 15 is 0 Å². The van der Waals surface area contributed by atoms with Crippen LogP contribution >= 0.6 is 0 Å². The first-order valence-corrected chi connectivity index (χ1v) is 9.92. The van der Waals surface area contributed by atoms with Gasteiger partial charge >= 0.3 is 11.7 Å². The Bertz CT molecular complexity index is 1150. The number of benzene rings is 2. The van der Waals surface area contributed by atoms with Crippen LogP contribution in [0.15, 0.2) is 47.4 Å². The summed E-state index contributed by atoms with van der Waals surface area (Å²) >= 11 is 0. The molecule has 174 valence electrons. The quantitative estimate of drug-likeness (QED) is 0.610. The van der Waals surface area contributed by atoms with Gasteiger partial charge in [-0.05, 0) is 49.4 Å². The van der Waals surface area contributed by atoms with E-state index in [1.807, 2.05) is 0 Å². The summed E-state index contributed by atoms with van der Waals surface area (Å²) in [7, 11) is -3.30. The van der Waals surface area contributed by atoms with Crippen molar-refractivity contribution in [1.29, 1.82) is 10.5 Å². The van der Waals surface area contributed by atoms with E-state index in [0.29, 0.717) is 6.07 Å². The van der Waals surface area contributed by atoms with Crippen LogP contribution in [0.1, 0.15) is 28.4 Å². The summed E-state index contributed by atoms with van der Waals surface area (Å²) in [5, 5.41) is 20.4. The van der Waals surface area contributed by atoms with E-state index in [9.17, 15) is 40.6 Å². The molecule has 2 aromatic rings. The van der Waals surface area contributed by atoms with E-state index in [1.54, 1.807) is 12.1 Å². The van der Waals surface area contributed by atoms with Crippen LogP contribution in [0.4, 0.5) is 26.3 Å². The third kappa shape index (κ3) is 6.46. The molecule has 2 aromatic carbocycles. The topological polar surface area (TPSA) is 103 Å². The van der Waals surface area contributed by atoms with Gasteiger partial charge in [0.1, 0.15) is 12.4 Å². The molecule has 2 atom stereocenters. The van der Waals surface area contributed by atoms with Crippen molar-refractivity contribution in [3.63, 3.8) is 0 Å². The van der Waals surface area contributed by atoms with E-state index in [-0.39, 0.29) is 11.1 Å². The molecule has 1 N–H and O–H groups in total. The zero-order valence-electron chi connectivity index (χ0n) is 16.5. The average molecular weight is 489 g/mol. The summed E-state index contributed by atoms with van der Waals surface area (Å²) in [6, 6.07) is 9.37. The van der Waals surface area contributed by atoms with E-state index < -0.39 is 56.7 Å². The molecular weight excluding hydrogens is 476 g/mol. The Hall–Kier alpha value is -3.58. The van der Waals surface area contributed by atoms with Gasteiger partial charge in [0.15, 0.2) is 16.3 Å². The summed E-state index contributed by atoms with van der Waals surface area (Å²) in [5.74, 6) is -1.60. The highest BCUT2D eigenvalue weighted by Crippen LogP contribution is 2.37. The summed E-state index contributed by atoms with van der Waals surface area (Å²) in [6.45, 7) is 0.440. The molecule has 0 aliphatic carbocycles. The van der Waals surface area contributed by atoms with Crippen molar-refractivity contribution in [3.05, 3.63) is 59.2 Å². The molecule has 2 rings (SSSR count). The number of halogens is 6. The fraction of sp³-hybridized carbons (Fsp3) is 0.250. The maximum atomic E-state index is 13.2. The molecule has 0 heterocycles. The average Bonchev–Trinajstić information content (AvgIpc) is 2.76. The summed E-state index contributed by atoms with van der Waals surface area (Å²) in [4.78, 5) is 11.8. The zero-order chi connectivity index (χ0) is 25.0. The normalized spacial score (nSPS) is 14.3. The summed E-state index contributed by atoms with van der Waals surface area (Å²) in [6.07, 6.45) is -4.85. The standard InChI is InChI=1S/C20H13F6N3O3S/c1-18(10-28,11-32-16-7-2-12(9-27)8-15(16)19(21,22)23)29-17(30)13-3-5-14(6-4-13)33(31)20(24,25)26/h2-8H,11H2,1H3,(H,29,30). The molecule has 0 aliphatic heterocycles. The highest BCUT2D eigenvalue weighted by Gasteiger charge is 2.38. The predicted octanol–water partition coefficient (Wildman–Crippen LogP) is 4.30. The van der Waals surface area contributed by atoms with Crippen LogP contribution in [0.5, 0.6) is 5.75 Å². The molecule has 0 bridgehead atoms. The molecule has 33 heavy (non-hydrogen) atoms. The molecule has 0 aliphatic rings. The van der Waals surface area contributed by atoms with Crippen molar-refractivity contribution in [1.82, 2.24) is 5.32 Å². The van der Waals surface area contributed by atoms with Gasteiger partial charge in [-0.2, -0.15) is 36.9 Å². The second-order valence-electron chi connectivity index (χ2n) is 6.75. The number of ether oxygens (including phenoxy) is 1. The number of nitrogens with one attached hydrogen (secondary N) is 1. The van der Waals surface area contributed by atoms with Crippen molar-refractivity contribution in [2.24, 2.45) is 0 Å². The van der Waals surface area contributed by atoms with Crippen LogP contribution in [0.25, 0.3) is 0 Å². The van der Waals surface area contributed by atoms with Gasteiger partial charge in [-0.25, -0.2) is 4.21 Å². The van der Waals surface area contributed by atoms with Gasteiger partial charge in [0.05, 0.1) is 23.3 Å². The zero-order valence-corrected chi connectivity index (χ0v) is 17.4. The predicted molar refractivity (Wildman–Crippen MR) is 102 cm³/mol. The van der Waals surface area contributed by atoms with Gasteiger partial charge in [-0.15, -0.1) is 0 Å². The van der Waals surface area contributed by atoms with Crippen molar-refractivity contribution < 1.29 is 40.1 Å². The molecule has 0 radical (unpaired) electrons. The lowest BCUT2D eigenvalue weighted by Crippen LogP contribution is -2.49. The summed E-state index contributed by atoms with van der Waals surface area (Å²) < 4.78 is 93.7. The minimum absolute atomic E-state index is 0.186. The number of rotatable bonds is 6. The number of hydrogen-bond donors (Lipinski definition) is 1. The van der Waals surface area contributed by atoms with Crippen molar-refractivity contribution in [2.75, 3.05) is 6.61 Å². The maximum absolute atomic E-state index is 13.2. The van der Waals surface area contributed by atoms with E-state index in [1.165, 1.54) is 0 Å². The minimum atomic E-state index is -4.98. The smallest absolute Gasteiger partial charge is 0.475 e. The van der Waals surface area contributed by atoms with Gasteiger partial charge < -0.3 is 10.1 Å². The molecule has 2 unspecified atom stereocenters. The molecule has 1 amide bonds. The SMILES string of the molecule is CC(C#N)(COc1ccc(C#N)cc1C(F)(F)F)NC(=O)c1ccc(S(=O)C(F)(F)F)cc1. The first kappa shape index (κ1) is 25.7. The van der Waals surface area contributed by atoms with Crippen LogP contribution in [-0.2, 0) is 17.0 Å². The first-order chi connectivity index (χ1) is 15.2. The highest BCUT2D eigenvalue weighted by atomic mass is 32.2. The van der Waals surface area contributed by atoms with Gasteiger partial charge in [0.2, 0.25) is 0 Å². The number of hydrogen-bond acceptors (Lipinski definition) is 5. The molecule has 6 nitrogen and oxygen atoms in total. The number of carbonyl (C=O) groups is 1. The molecule has 13 heteroatoms. The van der Waals surface area contributed by atoms with Gasteiger partial charge in [-0.1, -0.05) is 0 Å². The lowest BCUT2D eigenvalue weighted by atomic mass is 10.0. The van der Waals surface area contributed by atoms with Crippen LogP contribution in [-0.4, -0.2) is 27.8 Å². The molecular formula is C20H13F6N3O3S. The minimum Gasteiger partial charge on any atom is -0.489 e. The number of carbonyl (C=O) groups excluding carboxylic acids is 1. The number of nitriles is 2. The molecule has 0 aromatic heterocycles. The third-order valence-electron chi connectivity index (χ3n) is 4.11. The third-order valence-corrected chi connectivity index (χ3v) is 5.23. The van der Waals surface area contributed by atoms with Crippen molar-refractivity contribution in [3.8, 4) is 17.9 Å². The number of alkyl halides is 6. The van der Waals surface area contributed by atoms with Gasteiger partial charge in [0.25, 0.3) is 5.91 Å². The van der Waals surface area contributed by atoms with Crippen molar-refractivity contribution >= 4 is 16.7 Å². The van der Waals surface area contributed by atoms with E-state index in [0.717, 1.165) is 43.3 Å². The van der Waals surface area contributed by atoms with E-state index in [2.05, 4.69) is 5.32 Å². The number of amides is 1. The lowest BCUT2D eigenvalue weighted by Gasteiger charge is -2.24. The maximum Gasteiger partial charge on any atom is 0.475 e. The Labute approximate surface area is 185 Å². The second-order valence-corrected chi connectivity index (χ2v) is 8.22. The van der Waals surface area contributed by atoms with Gasteiger partial charge in [-0.3, -0.25) is 4.79 Å². The second kappa shape index (κ2) is 9.50. The molecule has 0 spiro atoms. The van der Waals surface area contributed by atoms with E-state index in [4.69, 9.17) is 10.00 Å². The summed E-state index contributed by atoms with van der Waals surface area (Å²) in [5.41, 5.74) is -8.52. The fourth-order valence-corrected chi connectivity index (χ4v) is 3.10. The molecule has 0 fully saturated rings. The van der Waals surface area contributed by atoms with Crippen molar-refractivity contribution in [2.45, 2.75) is 29.0 Å². The Morgan fingerprint density at radius 2 is 1.67 bits per heavy atom.